The maximum Gasteiger partial charge on any atom is 0.125 e. The Labute approximate surface area is 112 Å². The van der Waals surface area contributed by atoms with Crippen LogP contribution in [0.3, 0.4) is 0 Å². The summed E-state index contributed by atoms with van der Waals surface area (Å²) in [6.07, 6.45) is 0. The lowest BCUT2D eigenvalue weighted by Gasteiger charge is -2.19. The lowest BCUT2D eigenvalue weighted by molar-refractivity contribution is 0.276. The zero-order chi connectivity index (χ0) is 13.8. The van der Waals surface area contributed by atoms with Crippen LogP contribution in [0, 0.1) is 19.7 Å². The summed E-state index contributed by atoms with van der Waals surface area (Å²) in [7, 11) is 0. The first-order chi connectivity index (χ1) is 9.08. The van der Waals surface area contributed by atoms with Crippen LogP contribution < -0.4 is 5.32 Å². The van der Waals surface area contributed by atoms with Gasteiger partial charge < -0.3 is 10.4 Å². The minimum absolute atomic E-state index is 0.0426. The lowest BCUT2D eigenvalue weighted by Crippen LogP contribution is -2.15. The Hall–Kier alpha value is -1.87. The summed E-state index contributed by atoms with van der Waals surface area (Å²) in [5.74, 6) is -0.275. The molecule has 2 aromatic carbocycles. The molecular weight excluding hydrogens is 241 g/mol. The molecule has 0 aliphatic rings. The summed E-state index contributed by atoms with van der Waals surface area (Å²) in [5, 5.41) is 12.7. The molecule has 0 amide bonds. The maximum atomic E-state index is 13.3. The highest BCUT2D eigenvalue weighted by molar-refractivity contribution is 5.48. The number of hydrogen-bond donors (Lipinski definition) is 2. The van der Waals surface area contributed by atoms with Gasteiger partial charge in [-0.3, -0.25) is 0 Å². The number of aliphatic hydroxyl groups excluding tert-OH is 1. The molecule has 0 saturated heterocycles. The standard InChI is InChI=1S/C16H18FNO/c1-11-4-3-5-13(6-11)16(10-19)18-15-8-12(2)7-14(17)9-15/h3-9,16,18-19H,10H2,1-2H3. The number of anilines is 1. The van der Waals surface area contributed by atoms with Crippen molar-refractivity contribution in [1.29, 1.82) is 0 Å². The smallest absolute Gasteiger partial charge is 0.125 e. The van der Waals surface area contributed by atoms with E-state index >= 15 is 0 Å². The summed E-state index contributed by atoms with van der Waals surface area (Å²) < 4.78 is 13.3. The van der Waals surface area contributed by atoms with E-state index in [0.717, 1.165) is 16.7 Å². The summed E-state index contributed by atoms with van der Waals surface area (Å²) in [6.45, 7) is 3.80. The van der Waals surface area contributed by atoms with Crippen molar-refractivity contribution >= 4 is 5.69 Å². The van der Waals surface area contributed by atoms with Crippen LogP contribution in [0.5, 0.6) is 0 Å². The number of halogens is 1. The molecule has 0 aliphatic carbocycles. The molecule has 0 spiro atoms. The first kappa shape index (κ1) is 13.6. The predicted octanol–water partition coefficient (Wildman–Crippen LogP) is 3.59. The molecule has 0 bridgehead atoms. The predicted molar refractivity (Wildman–Crippen MR) is 75.8 cm³/mol. The average Bonchev–Trinajstić information content (AvgIpc) is 2.34. The Bertz CT molecular complexity index is 548. The minimum atomic E-state index is -0.275. The van der Waals surface area contributed by atoms with Crippen molar-refractivity contribution in [2.45, 2.75) is 19.9 Å². The van der Waals surface area contributed by atoms with Crippen molar-refractivity contribution in [3.05, 3.63) is 65.0 Å². The number of rotatable bonds is 4. The Morgan fingerprint density at radius 2 is 1.89 bits per heavy atom. The zero-order valence-electron chi connectivity index (χ0n) is 11.2. The van der Waals surface area contributed by atoms with Gasteiger partial charge in [0.15, 0.2) is 0 Å². The Morgan fingerprint density at radius 1 is 1.11 bits per heavy atom. The van der Waals surface area contributed by atoms with Crippen LogP contribution in [0.25, 0.3) is 0 Å². The van der Waals surface area contributed by atoms with Gasteiger partial charge in [-0.25, -0.2) is 4.39 Å². The Morgan fingerprint density at radius 3 is 2.53 bits per heavy atom. The van der Waals surface area contributed by atoms with Gasteiger partial charge in [-0.05, 0) is 43.2 Å². The first-order valence-corrected chi connectivity index (χ1v) is 6.29. The molecule has 2 nitrogen and oxygen atoms in total. The van der Waals surface area contributed by atoms with E-state index in [1.165, 1.54) is 12.1 Å². The number of aliphatic hydroxyl groups is 1. The molecule has 1 atom stereocenters. The van der Waals surface area contributed by atoms with Gasteiger partial charge in [0.2, 0.25) is 0 Å². The molecule has 2 aromatic rings. The summed E-state index contributed by atoms with van der Waals surface area (Å²) >= 11 is 0. The third-order valence-electron chi connectivity index (χ3n) is 3.01. The largest absolute Gasteiger partial charge is 0.394 e. The van der Waals surface area contributed by atoms with E-state index in [0.29, 0.717) is 5.69 Å². The topological polar surface area (TPSA) is 32.3 Å². The van der Waals surface area contributed by atoms with Crippen molar-refractivity contribution in [2.75, 3.05) is 11.9 Å². The van der Waals surface area contributed by atoms with Crippen LogP contribution in [0.4, 0.5) is 10.1 Å². The van der Waals surface area contributed by atoms with Crippen molar-refractivity contribution in [2.24, 2.45) is 0 Å². The van der Waals surface area contributed by atoms with Gasteiger partial charge in [0.05, 0.1) is 12.6 Å². The third kappa shape index (κ3) is 3.55. The van der Waals surface area contributed by atoms with Gasteiger partial charge in [0, 0.05) is 5.69 Å². The average molecular weight is 259 g/mol. The zero-order valence-corrected chi connectivity index (χ0v) is 11.2. The van der Waals surface area contributed by atoms with Gasteiger partial charge in [-0.2, -0.15) is 0 Å². The van der Waals surface area contributed by atoms with E-state index in [4.69, 9.17) is 0 Å². The molecule has 0 heterocycles. The number of hydrogen-bond acceptors (Lipinski definition) is 2. The summed E-state index contributed by atoms with van der Waals surface area (Å²) in [6, 6.07) is 12.5. The molecule has 1 unspecified atom stereocenters. The van der Waals surface area contributed by atoms with Crippen LogP contribution in [0.15, 0.2) is 42.5 Å². The van der Waals surface area contributed by atoms with Gasteiger partial charge in [-0.15, -0.1) is 0 Å². The Kier molecular flexibility index (Phi) is 4.17. The van der Waals surface area contributed by atoms with Crippen molar-refractivity contribution in [3.8, 4) is 0 Å². The number of benzene rings is 2. The maximum absolute atomic E-state index is 13.3. The highest BCUT2D eigenvalue weighted by Gasteiger charge is 2.11. The van der Waals surface area contributed by atoms with E-state index in [1.54, 1.807) is 0 Å². The molecule has 3 heteroatoms. The molecule has 0 saturated carbocycles. The van der Waals surface area contributed by atoms with Crippen LogP contribution in [0.2, 0.25) is 0 Å². The van der Waals surface area contributed by atoms with Crippen LogP contribution >= 0.6 is 0 Å². The molecule has 0 aromatic heterocycles. The van der Waals surface area contributed by atoms with E-state index < -0.39 is 0 Å². The van der Waals surface area contributed by atoms with E-state index in [-0.39, 0.29) is 18.5 Å². The van der Waals surface area contributed by atoms with E-state index in [1.807, 2.05) is 44.2 Å². The molecule has 2 rings (SSSR count). The third-order valence-corrected chi connectivity index (χ3v) is 3.01. The van der Waals surface area contributed by atoms with Crippen LogP contribution in [-0.4, -0.2) is 11.7 Å². The molecule has 19 heavy (non-hydrogen) atoms. The van der Waals surface area contributed by atoms with Gasteiger partial charge in [-0.1, -0.05) is 29.8 Å². The Balaban J connectivity index is 2.23. The second-order valence-electron chi connectivity index (χ2n) is 4.81. The number of aryl methyl sites for hydroxylation is 2. The SMILES string of the molecule is Cc1cc(F)cc(NC(CO)c2cccc(C)c2)c1. The highest BCUT2D eigenvalue weighted by Crippen LogP contribution is 2.21. The lowest BCUT2D eigenvalue weighted by atomic mass is 10.0. The fourth-order valence-corrected chi connectivity index (χ4v) is 2.14. The second kappa shape index (κ2) is 5.85. The highest BCUT2D eigenvalue weighted by atomic mass is 19.1. The number of nitrogens with one attached hydrogen (secondary N) is 1. The fraction of sp³-hybridized carbons (Fsp3) is 0.250. The van der Waals surface area contributed by atoms with Crippen LogP contribution in [0.1, 0.15) is 22.7 Å². The van der Waals surface area contributed by atoms with E-state index in [2.05, 4.69) is 5.32 Å². The normalized spacial score (nSPS) is 12.2. The molecule has 0 fully saturated rings. The van der Waals surface area contributed by atoms with E-state index in [9.17, 15) is 9.50 Å². The first-order valence-electron chi connectivity index (χ1n) is 6.29. The monoisotopic (exact) mass is 259 g/mol. The van der Waals surface area contributed by atoms with Crippen LogP contribution in [-0.2, 0) is 0 Å². The summed E-state index contributed by atoms with van der Waals surface area (Å²) in [4.78, 5) is 0. The fourth-order valence-electron chi connectivity index (χ4n) is 2.14. The van der Waals surface area contributed by atoms with Gasteiger partial charge in [0.25, 0.3) is 0 Å². The molecule has 2 N–H and O–H groups in total. The summed E-state index contributed by atoms with van der Waals surface area (Å²) in [5.41, 5.74) is 3.65. The van der Waals surface area contributed by atoms with Gasteiger partial charge >= 0.3 is 0 Å². The molecule has 0 aliphatic heterocycles. The van der Waals surface area contributed by atoms with Crippen molar-refractivity contribution in [1.82, 2.24) is 0 Å². The quantitative estimate of drug-likeness (QED) is 0.879. The molecule has 100 valence electrons. The minimum Gasteiger partial charge on any atom is -0.394 e. The van der Waals surface area contributed by atoms with Crippen molar-refractivity contribution in [3.63, 3.8) is 0 Å². The van der Waals surface area contributed by atoms with Gasteiger partial charge in [0.1, 0.15) is 5.82 Å². The van der Waals surface area contributed by atoms with Crippen molar-refractivity contribution < 1.29 is 9.50 Å². The molecular formula is C16H18FNO. The second-order valence-corrected chi connectivity index (χ2v) is 4.81. The molecule has 0 radical (unpaired) electrons.